The zero-order valence-corrected chi connectivity index (χ0v) is 13.5. The monoisotopic (exact) mass is 307 g/mol. The van der Waals surface area contributed by atoms with Gasteiger partial charge in [0.1, 0.15) is 0 Å². The van der Waals surface area contributed by atoms with Crippen LogP contribution in [-0.4, -0.2) is 54.6 Å². The first-order valence-electron chi connectivity index (χ1n) is 6.57. The lowest BCUT2D eigenvalue weighted by molar-refractivity contribution is -0.142. The predicted molar refractivity (Wildman–Crippen MR) is 79.8 cm³/mol. The van der Waals surface area contributed by atoms with E-state index >= 15 is 0 Å². The van der Waals surface area contributed by atoms with Crippen molar-refractivity contribution < 1.29 is 14.3 Å². The van der Waals surface area contributed by atoms with Crippen molar-refractivity contribution in [2.75, 3.05) is 26.8 Å². The fourth-order valence-electron chi connectivity index (χ4n) is 2.07. The third kappa shape index (κ3) is 5.64. The third-order valence-electron chi connectivity index (χ3n) is 3.05. The maximum Gasteiger partial charge on any atom is 0.243 e. The molecule has 20 heavy (non-hydrogen) atoms. The molecule has 3 N–H and O–H groups in total. The summed E-state index contributed by atoms with van der Waals surface area (Å²) in [5.41, 5.74) is 4.90. The van der Waals surface area contributed by atoms with Crippen LogP contribution in [0.25, 0.3) is 0 Å². The fourth-order valence-corrected chi connectivity index (χ4v) is 2.07. The first kappa shape index (κ1) is 19.1. The van der Waals surface area contributed by atoms with E-state index in [0.717, 1.165) is 0 Å². The van der Waals surface area contributed by atoms with Gasteiger partial charge in [0.25, 0.3) is 0 Å². The minimum absolute atomic E-state index is 0. The van der Waals surface area contributed by atoms with Gasteiger partial charge in [0.2, 0.25) is 11.8 Å². The van der Waals surface area contributed by atoms with E-state index in [4.69, 9.17) is 10.5 Å². The van der Waals surface area contributed by atoms with Crippen molar-refractivity contribution in [2.45, 2.75) is 44.7 Å². The Labute approximate surface area is 126 Å². The molecule has 0 atom stereocenters. The predicted octanol–water partition coefficient (Wildman–Crippen LogP) is 0.289. The Balaban J connectivity index is 0.00000361. The van der Waals surface area contributed by atoms with Crippen molar-refractivity contribution in [1.82, 2.24) is 10.2 Å². The van der Waals surface area contributed by atoms with Gasteiger partial charge >= 0.3 is 0 Å². The number of hydrogen-bond donors (Lipinski definition) is 2. The normalized spacial score (nSPS) is 17.9. The summed E-state index contributed by atoms with van der Waals surface area (Å²) in [5.74, 6) is -0.376. The second kappa shape index (κ2) is 7.24. The fraction of sp³-hybridized carbons (Fsp3) is 0.846. The Morgan fingerprint density at radius 3 is 2.25 bits per heavy atom. The van der Waals surface area contributed by atoms with Gasteiger partial charge in [-0.1, -0.05) is 0 Å². The average molecular weight is 308 g/mol. The third-order valence-corrected chi connectivity index (χ3v) is 3.05. The molecule has 0 spiro atoms. The second-order valence-electron chi connectivity index (χ2n) is 6.23. The van der Waals surface area contributed by atoms with Gasteiger partial charge < -0.3 is 20.7 Å². The van der Waals surface area contributed by atoms with E-state index in [1.165, 1.54) is 4.90 Å². The van der Waals surface area contributed by atoms with Crippen LogP contribution in [0.3, 0.4) is 0 Å². The first-order valence-corrected chi connectivity index (χ1v) is 6.57. The Kier molecular flexibility index (Phi) is 6.93. The van der Waals surface area contributed by atoms with Gasteiger partial charge in [-0.15, -0.1) is 12.4 Å². The van der Waals surface area contributed by atoms with Crippen LogP contribution in [0.1, 0.15) is 33.6 Å². The molecule has 6 nitrogen and oxygen atoms in total. The molecule has 0 bridgehead atoms. The van der Waals surface area contributed by atoms with Gasteiger partial charge in [0.15, 0.2) is 0 Å². The average Bonchev–Trinajstić information content (AvgIpc) is 2.26. The number of hydrogen-bond acceptors (Lipinski definition) is 4. The molecule has 0 radical (unpaired) electrons. The SMILES string of the molecule is CN(CC(=O)NC(C)(C)C)C(=O)C1(N)CCOCC1.Cl. The van der Waals surface area contributed by atoms with Crippen LogP contribution >= 0.6 is 12.4 Å². The van der Waals surface area contributed by atoms with Crippen LogP contribution < -0.4 is 11.1 Å². The lowest BCUT2D eigenvalue weighted by atomic mass is 9.90. The van der Waals surface area contributed by atoms with Crippen LogP contribution in [0.5, 0.6) is 0 Å². The number of nitrogens with zero attached hydrogens (tertiary/aromatic N) is 1. The molecule has 0 saturated carbocycles. The topological polar surface area (TPSA) is 84.7 Å². The maximum absolute atomic E-state index is 12.3. The summed E-state index contributed by atoms with van der Waals surface area (Å²) in [6.45, 7) is 6.70. The minimum atomic E-state index is -0.894. The molecule has 0 aromatic heterocycles. The smallest absolute Gasteiger partial charge is 0.243 e. The largest absolute Gasteiger partial charge is 0.381 e. The van der Waals surface area contributed by atoms with Gasteiger partial charge in [0, 0.05) is 25.8 Å². The molecule has 0 unspecified atom stereocenters. The summed E-state index contributed by atoms with van der Waals surface area (Å²) in [7, 11) is 1.61. The first-order chi connectivity index (χ1) is 8.64. The molecule has 1 fully saturated rings. The van der Waals surface area contributed by atoms with E-state index < -0.39 is 5.54 Å². The molecule has 1 heterocycles. The molecule has 118 valence electrons. The van der Waals surface area contributed by atoms with Crippen molar-refractivity contribution in [1.29, 1.82) is 0 Å². The highest BCUT2D eigenvalue weighted by Crippen LogP contribution is 2.19. The Morgan fingerprint density at radius 2 is 1.80 bits per heavy atom. The lowest BCUT2D eigenvalue weighted by Gasteiger charge is -2.35. The van der Waals surface area contributed by atoms with E-state index in [9.17, 15) is 9.59 Å². The summed E-state index contributed by atoms with van der Waals surface area (Å²) in [5, 5.41) is 2.82. The molecule has 7 heteroatoms. The van der Waals surface area contributed by atoms with Crippen molar-refractivity contribution in [2.24, 2.45) is 5.73 Å². The number of ether oxygens (including phenoxy) is 1. The van der Waals surface area contributed by atoms with Crippen LogP contribution in [0, 0.1) is 0 Å². The molecule has 2 amide bonds. The van der Waals surface area contributed by atoms with Crippen LogP contribution in [0.2, 0.25) is 0 Å². The summed E-state index contributed by atoms with van der Waals surface area (Å²) < 4.78 is 5.21. The highest BCUT2D eigenvalue weighted by Gasteiger charge is 2.38. The molecule has 0 aliphatic carbocycles. The van der Waals surface area contributed by atoms with Crippen LogP contribution in [-0.2, 0) is 14.3 Å². The van der Waals surface area contributed by atoms with Crippen molar-refractivity contribution >= 4 is 24.2 Å². The van der Waals surface area contributed by atoms with Crippen molar-refractivity contribution in [3.05, 3.63) is 0 Å². The van der Waals surface area contributed by atoms with Gasteiger partial charge in [-0.3, -0.25) is 9.59 Å². The molecular formula is C13H26ClN3O3. The zero-order chi connectivity index (χ0) is 14.7. The van der Waals surface area contributed by atoms with Crippen LogP contribution in [0.15, 0.2) is 0 Å². The van der Waals surface area contributed by atoms with Crippen molar-refractivity contribution in [3.63, 3.8) is 0 Å². The number of carbonyl (C=O) groups excluding carboxylic acids is 2. The summed E-state index contributed by atoms with van der Waals surface area (Å²) in [6, 6.07) is 0. The summed E-state index contributed by atoms with van der Waals surface area (Å²) in [4.78, 5) is 25.5. The number of likely N-dealkylation sites (N-methyl/N-ethyl adjacent to an activating group) is 1. The van der Waals surface area contributed by atoms with E-state index in [1.807, 2.05) is 20.8 Å². The molecule has 1 aliphatic heterocycles. The van der Waals surface area contributed by atoms with Gasteiger partial charge in [-0.25, -0.2) is 0 Å². The number of carbonyl (C=O) groups is 2. The Morgan fingerprint density at radius 1 is 1.30 bits per heavy atom. The number of amides is 2. The number of nitrogens with two attached hydrogens (primary N) is 1. The minimum Gasteiger partial charge on any atom is -0.381 e. The van der Waals surface area contributed by atoms with E-state index in [-0.39, 0.29) is 36.3 Å². The van der Waals surface area contributed by atoms with Gasteiger partial charge in [0.05, 0.1) is 12.1 Å². The molecule has 1 rings (SSSR count). The van der Waals surface area contributed by atoms with Crippen molar-refractivity contribution in [3.8, 4) is 0 Å². The maximum atomic E-state index is 12.3. The van der Waals surface area contributed by atoms with E-state index in [0.29, 0.717) is 26.1 Å². The van der Waals surface area contributed by atoms with E-state index in [2.05, 4.69) is 5.32 Å². The molecule has 0 aromatic rings. The number of rotatable bonds is 3. The highest BCUT2D eigenvalue weighted by atomic mass is 35.5. The quantitative estimate of drug-likeness (QED) is 0.785. The number of nitrogens with one attached hydrogen (secondary N) is 1. The summed E-state index contributed by atoms with van der Waals surface area (Å²) in [6.07, 6.45) is 0.994. The zero-order valence-electron chi connectivity index (χ0n) is 12.7. The highest BCUT2D eigenvalue weighted by molar-refractivity contribution is 5.90. The van der Waals surface area contributed by atoms with Gasteiger partial charge in [-0.05, 0) is 33.6 Å². The molecule has 1 saturated heterocycles. The standard InChI is InChI=1S/C13H25N3O3.ClH/c1-12(2,3)15-10(17)9-16(4)11(18)13(14)5-7-19-8-6-13;/h5-9,14H2,1-4H3,(H,15,17);1H. The van der Waals surface area contributed by atoms with Crippen LogP contribution in [0.4, 0.5) is 0 Å². The Hall–Kier alpha value is -0.850. The molecule has 0 aromatic carbocycles. The van der Waals surface area contributed by atoms with Gasteiger partial charge in [-0.2, -0.15) is 0 Å². The summed E-state index contributed by atoms with van der Waals surface area (Å²) >= 11 is 0. The van der Waals surface area contributed by atoms with E-state index in [1.54, 1.807) is 7.05 Å². The number of halogens is 1. The second-order valence-corrected chi connectivity index (χ2v) is 6.23. The molecular weight excluding hydrogens is 282 g/mol. The Bertz CT molecular complexity index is 349. The lowest BCUT2D eigenvalue weighted by Crippen LogP contribution is -2.58. The molecule has 1 aliphatic rings.